The number of ether oxygens (including phenoxy) is 2. The van der Waals surface area contributed by atoms with Gasteiger partial charge in [0, 0.05) is 25.7 Å². The van der Waals surface area contributed by atoms with Crippen LogP contribution in [0.15, 0.2) is 4.99 Å². The zero-order valence-electron chi connectivity index (χ0n) is 13.4. The van der Waals surface area contributed by atoms with Gasteiger partial charge in [-0.3, -0.25) is 9.59 Å². The summed E-state index contributed by atoms with van der Waals surface area (Å²) in [5, 5.41) is 3.33. The SMILES string of the molecule is CC(=O)OCCCCCBr.CC(=O)OCCCCCN=C=S. The van der Waals surface area contributed by atoms with Crippen LogP contribution >= 0.6 is 28.1 Å². The van der Waals surface area contributed by atoms with Gasteiger partial charge in [0.25, 0.3) is 0 Å². The largest absolute Gasteiger partial charge is 0.466 e. The van der Waals surface area contributed by atoms with E-state index in [0.29, 0.717) is 13.2 Å². The van der Waals surface area contributed by atoms with Crippen molar-refractivity contribution in [2.75, 3.05) is 25.1 Å². The van der Waals surface area contributed by atoms with E-state index in [1.165, 1.54) is 13.8 Å². The van der Waals surface area contributed by atoms with Crippen LogP contribution in [0.2, 0.25) is 0 Å². The summed E-state index contributed by atoms with van der Waals surface area (Å²) in [5.41, 5.74) is 0. The molecule has 0 N–H and O–H groups in total. The molecule has 0 fully saturated rings. The number of carbonyl (C=O) groups excluding carboxylic acids is 2. The molecule has 0 aliphatic heterocycles. The molecule has 0 unspecified atom stereocenters. The van der Waals surface area contributed by atoms with E-state index in [-0.39, 0.29) is 11.9 Å². The van der Waals surface area contributed by atoms with E-state index in [1.54, 1.807) is 0 Å². The first-order valence-corrected chi connectivity index (χ1v) is 8.93. The van der Waals surface area contributed by atoms with Gasteiger partial charge in [-0.1, -0.05) is 15.9 Å². The van der Waals surface area contributed by atoms with Crippen molar-refractivity contribution >= 4 is 45.2 Å². The summed E-state index contributed by atoms with van der Waals surface area (Å²) < 4.78 is 9.48. The van der Waals surface area contributed by atoms with Crippen LogP contribution in [0.3, 0.4) is 0 Å². The van der Waals surface area contributed by atoms with E-state index in [0.717, 1.165) is 50.4 Å². The van der Waals surface area contributed by atoms with Gasteiger partial charge in [0.15, 0.2) is 0 Å². The summed E-state index contributed by atoms with van der Waals surface area (Å²) >= 11 is 7.72. The summed E-state index contributed by atoms with van der Waals surface area (Å²) in [5.74, 6) is -0.397. The normalized spacial score (nSPS) is 9.05. The third kappa shape index (κ3) is 27.5. The zero-order valence-corrected chi connectivity index (χ0v) is 15.8. The smallest absolute Gasteiger partial charge is 0.302 e. The van der Waals surface area contributed by atoms with E-state index < -0.39 is 0 Å². The molecular formula is C15H26BrNO4S. The van der Waals surface area contributed by atoms with Crippen LogP contribution in [0.5, 0.6) is 0 Å². The van der Waals surface area contributed by atoms with Gasteiger partial charge in [0.1, 0.15) is 0 Å². The van der Waals surface area contributed by atoms with Crippen molar-refractivity contribution in [2.24, 2.45) is 4.99 Å². The lowest BCUT2D eigenvalue weighted by Crippen LogP contribution is -2.00. The molecule has 0 rings (SSSR count). The Morgan fingerprint density at radius 2 is 1.45 bits per heavy atom. The highest BCUT2D eigenvalue weighted by molar-refractivity contribution is 9.09. The standard InChI is InChI=1S/C8H13NO2S.C7H13BrO2/c1-8(10)11-6-4-2-3-5-9-7-12;1-7(9)10-6-4-2-3-5-8/h2-6H2,1H3;2-6H2,1H3. The lowest BCUT2D eigenvalue weighted by Gasteiger charge is -1.99. The fraction of sp³-hybridized carbons (Fsp3) is 0.800. The van der Waals surface area contributed by atoms with Gasteiger partial charge in [-0.2, -0.15) is 0 Å². The Bertz CT molecular complexity index is 328. The van der Waals surface area contributed by atoms with Crippen LogP contribution in [-0.4, -0.2) is 42.2 Å². The van der Waals surface area contributed by atoms with E-state index >= 15 is 0 Å². The van der Waals surface area contributed by atoms with Gasteiger partial charge in [0.05, 0.1) is 18.4 Å². The predicted molar refractivity (Wildman–Crippen MR) is 94.7 cm³/mol. The first kappa shape index (κ1) is 23.5. The zero-order chi connectivity index (χ0) is 17.1. The van der Waals surface area contributed by atoms with E-state index in [1.807, 2.05) is 0 Å². The molecule has 0 saturated carbocycles. The first-order chi connectivity index (χ1) is 10.5. The number of isothiocyanates is 1. The maximum Gasteiger partial charge on any atom is 0.302 e. The molecule has 0 aromatic heterocycles. The molecule has 0 spiro atoms. The maximum atomic E-state index is 10.3. The molecule has 0 radical (unpaired) electrons. The molecule has 0 aliphatic rings. The predicted octanol–water partition coefficient (Wildman–Crippen LogP) is 3.94. The topological polar surface area (TPSA) is 65.0 Å². The highest BCUT2D eigenvalue weighted by atomic mass is 79.9. The van der Waals surface area contributed by atoms with Crippen LogP contribution in [-0.2, 0) is 19.1 Å². The summed E-state index contributed by atoms with van der Waals surface area (Å²) in [6.45, 7) is 4.66. The van der Waals surface area contributed by atoms with Crippen LogP contribution in [0.25, 0.3) is 0 Å². The quantitative estimate of drug-likeness (QED) is 0.174. The lowest BCUT2D eigenvalue weighted by atomic mass is 10.2. The second-order valence-electron chi connectivity index (χ2n) is 4.46. The van der Waals surface area contributed by atoms with E-state index in [9.17, 15) is 9.59 Å². The average Bonchev–Trinajstić information content (AvgIpc) is 2.46. The van der Waals surface area contributed by atoms with Crippen LogP contribution in [0.4, 0.5) is 0 Å². The third-order valence-corrected chi connectivity index (χ3v) is 3.06. The maximum absolute atomic E-state index is 10.3. The van der Waals surface area contributed by atoms with Crippen LogP contribution in [0, 0.1) is 0 Å². The Labute approximate surface area is 147 Å². The second kappa shape index (κ2) is 20.2. The average molecular weight is 396 g/mol. The number of alkyl halides is 1. The molecule has 128 valence electrons. The van der Waals surface area contributed by atoms with Gasteiger partial charge in [-0.05, 0) is 50.7 Å². The number of nitrogens with zero attached hydrogens (tertiary/aromatic N) is 1. The van der Waals surface area contributed by atoms with E-state index in [2.05, 4.69) is 38.3 Å². The number of hydrogen-bond donors (Lipinski definition) is 0. The minimum absolute atomic E-state index is 0.182. The number of aliphatic imine (C=N–C) groups is 1. The van der Waals surface area contributed by atoms with Crippen LogP contribution in [0.1, 0.15) is 52.4 Å². The Kier molecular flexibility index (Phi) is 21.6. The van der Waals surface area contributed by atoms with Crippen molar-refractivity contribution < 1.29 is 19.1 Å². The molecule has 5 nitrogen and oxygen atoms in total. The molecule has 0 aromatic carbocycles. The monoisotopic (exact) mass is 395 g/mol. The van der Waals surface area contributed by atoms with Crippen molar-refractivity contribution in [1.82, 2.24) is 0 Å². The molecule has 0 heterocycles. The summed E-state index contributed by atoms with van der Waals surface area (Å²) in [7, 11) is 0. The van der Waals surface area contributed by atoms with Gasteiger partial charge in [-0.15, -0.1) is 0 Å². The van der Waals surface area contributed by atoms with Crippen molar-refractivity contribution in [3.63, 3.8) is 0 Å². The molecule has 0 bridgehead atoms. The molecule has 0 aromatic rings. The van der Waals surface area contributed by atoms with Gasteiger partial charge < -0.3 is 9.47 Å². The number of rotatable bonds is 11. The summed E-state index contributed by atoms with van der Waals surface area (Å²) in [4.78, 5) is 24.3. The number of unbranched alkanes of at least 4 members (excludes halogenated alkanes) is 4. The molecule has 0 aliphatic carbocycles. The molecular weight excluding hydrogens is 370 g/mol. The third-order valence-electron chi connectivity index (χ3n) is 2.37. The second-order valence-corrected chi connectivity index (χ2v) is 5.44. The van der Waals surface area contributed by atoms with Crippen LogP contribution < -0.4 is 0 Å². The molecule has 7 heteroatoms. The van der Waals surface area contributed by atoms with Gasteiger partial charge >= 0.3 is 11.9 Å². The summed E-state index contributed by atoms with van der Waals surface area (Å²) in [6.07, 6.45) is 6.14. The first-order valence-electron chi connectivity index (χ1n) is 7.41. The number of carbonyl (C=O) groups is 2. The minimum atomic E-state index is -0.216. The number of halogens is 1. The van der Waals surface area contributed by atoms with Crippen molar-refractivity contribution in [1.29, 1.82) is 0 Å². The molecule has 22 heavy (non-hydrogen) atoms. The lowest BCUT2D eigenvalue weighted by molar-refractivity contribution is -0.142. The number of thiocarbonyl (C=S) groups is 1. The highest BCUT2D eigenvalue weighted by Crippen LogP contribution is 1.98. The van der Waals surface area contributed by atoms with Crippen molar-refractivity contribution in [3.05, 3.63) is 0 Å². The number of hydrogen-bond acceptors (Lipinski definition) is 6. The minimum Gasteiger partial charge on any atom is -0.466 e. The highest BCUT2D eigenvalue weighted by Gasteiger charge is 1.92. The van der Waals surface area contributed by atoms with Gasteiger partial charge in [0.2, 0.25) is 0 Å². The molecule has 0 atom stereocenters. The fourth-order valence-corrected chi connectivity index (χ4v) is 1.81. The Morgan fingerprint density at radius 1 is 0.955 bits per heavy atom. The fourth-order valence-electron chi connectivity index (χ4n) is 1.32. The summed E-state index contributed by atoms with van der Waals surface area (Å²) in [6, 6.07) is 0. The Morgan fingerprint density at radius 3 is 1.86 bits per heavy atom. The molecule has 0 saturated heterocycles. The van der Waals surface area contributed by atoms with E-state index in [4.69, 9.17) is 9.47 Å². The molecule has 0 amide bonds. The Balaban J connectivity index is 0. The Hall–Kier alpha value is -0.780. The van der Waals surface area contributed by atoms with Gasteiger partial charge in [-0.25, -0.2) is 4.99 Å². The number of esters is 2. The van der Waals surface area contributed by atoms with Crippen molar-refractivity contribution in [3.8, 4) is 0 Å². The van der Waals surface area contributed by atoms with Crippen molar-refractivity contribution in [2.45, 2.75) is 52.4 Å².